The molecule has 1 atom stereocenters. The number of nitrogens with zero attached hydrogens (tertiary/aromatic N) is 3. The summed E-state index contributed by atoms with van der Waals surface area (Å²) < 4.78 is 13.0. The number of rotatable bonds is 3. The maximum Gasteiger partial charge on any atom is 0.225 e. The lowest BCUT2D eigenvalue weighted by molar-refractivity contribution is -0.135. The molecule has 4 rings (SSSR count). The van der Waals surface area contributed by atoms with Crippen LogP contribution in [0.25, 0.3) is 0 Å². The summed E-state index contributed by atoms with van der Waals surface area (Å²) in [5, 5.41) is 1.12. The Morgan fingerprint density at radius 2 is 1.82 bits per heavy atom. The van der Waals surface area contributed by atoms with Gasteiger partial charge in [0.05, 0.1) is 16.2 Å². The third kappa shape index (κ3) is 4.11. The maximum atomic E-state index is 13.0. The minimum absolute atomic E-state index is 0.0456. The Hall–Kier alpha value is -1.85. The lowest BCUT2D eigenvalue weighted by Gasteiger charge is -2.33. The van der Waals surface area contributed by atoms with E-state index in [9.17, 15) is 9.18 Å². The number of hydrogen-bond acceptors (Lipinski definition) is 3. The first-order valence-electron chi connectivity index (χ1n) is 9.61. The van der Waals surface area contributed by atoms with Crippen LogP contribution in [0.4, 0.5) is 10.2 Å². The van der Waals surface area contributed by atoms with Crippen molar-refractivity contribution in [3.05, 3.63) is 58.0 Å². The van der Waals surface area contributed by atoms with Crippen LogP contribution in [0.5, 0.6) is 0 Å². The van der Waals surface area contributed by atoms with Crippen molar-refractivity contribution in [1.82, 2.24) is 9.88 Å². The summed E-state index contributed by atoms with van der Waals surface area (Å²) in [6.07, 6.45) is 3.78. The number of halogens is 3. The number of amides is 1. The molecule has 2 aromatic rings. The van der Waals surface area contributed by atoms with Crippen molar-refractivity contribution in [3.8, 4) is 0 Å². The van der Waals surface area contributed by atoms with E-state index in [0.29, 0.717) is 16.0 Å². The second kappa shape index (κ2) is 8.26. The first kappa shape index (κ1) is 19.5. The first-order chi connectivity index (χ1) is 13.5. The fourth-order valence-corrected chi connectivity index (χ4v) is 4.47. The minimum Gasteiger partial charge on any atom is -0.357 e. The number of likely N-dealkylation sites (tertiary alicyclic amines) is 1. The molecule has 2 aliphatic heterocycles. The van der Waals surface area contributed by atoms with E-state index in [1.54, 1.807) is 6.07 Å². The van der Waals surface area contributed by atoms with Crippen molar-refractivity contribution in [2.24, 2.45) is 5.92 Å². The highest BCUT2D eigenvalue weighted by Crippen LogP contribution is 2.33. The van der Waals surface area contributed by atoms with Crippen LogP contribution in [-0.4, -0.2) is 42.0 Å². The highest BCUT2D eigenvalue weighted by Gasteiger charge is 2.33. The van der Waals surface area contributed by atoms with E-state index >= 15 is 0 Å². The molecular formula is C21H22Cl2FN3O. The number of hydrogen-bond donors (Lipinski definition) is 0. The zero-order chi connectivity index (χ0) is 19.7. The van der Waals surface area contributed by atoms with Gasteiger partial charge in [0.25, 0.3) is 0 Å². The number of pyridine rings is 1. The van der Waals surface area contributed by atoms with Gasteiger partial charge in [-0.3, -0.25) is 4.79 Å². The van der Waals surface area contributed by atoms with Crippen LogP contribution in [-0.2, 0) is 4.79 Å². The summed E-state index contributed by atoms with van der Waals surface area (Å²) in [5.74, 6) is 1.04. The quantitative estimate of drug-likeness (QED) is 0.716. The molecule has 1 amide bonds. The fraction of sp³-hybridized carbons (Fsp3) is 0.429. The van der Waals surface area contributed by atoms with Crippen molar-refractivity contribution < 1.29 is 9.18 Å². The van der Waals surface area contributed by atoms with E-state index in [-0.39, 0.29) is 17.6 Å². The Morgan fingerprint density at radius 3 is 2.50 bits per heavy atom. The number of anilines is 1. The lowest BCUT2D eigenvalue weighted by Crippen LogP contribution is -2.42. The van der Waals surface area contributed by atoms with Gasteiger partial charge in [0.15, 0.2) is 0 Å². The fourth-order valence-electron chi connectivity index (χ4n) is 4.17. The highest BCUT2D eigenvalue weighted by atomic mass is 35.5. The van der Waals surface area contributed by atoms with Gasteiger partial charge in [0.1, 0.15) is 11.6 Å². The molecule has 2 fully saturated rings. The van der Waals surface area contributed by atoms with Crippen LogP contribution in [0.15, 0.2) is 36.5 Å². The Kier molecular flexibility index (Phi) is 5.74. The second-order valence-corrected chi connectivity index (χ2v) is 8.35. The Labute approximate surface area is 174 Å². The molecule has 28 heavy (non-hydrogen) atoms. The second-order valence-electron chi connectivity index (χ2n) is 7.54. The molecule has 0 N–H and O–H groups in total. The number of aromatic nitrogens is 1. The molecule has 2 aliphatic rings. The standard InChI is InChI=1S/C21H22Cl2FN3O/c22-18-3-1-15(11-19(18)23)16-7-10-27(13-16)21(28)14-5-8-26(9-6-14)20-4-2-17(24)12-25-20/h1-4,11-12,14,16H,5-10,13H2. The summed E-state index contributed by atoms with van der Waals surface area (Å²) in [4.78, 5) is 21.2. The summed E-state index contributed by atoms with van der Waals surface area (Å²) in [5.41, 5.74) is 1.14. The number of benzene rings is 1. The molecule has 0 radical (unpaired) electrons. The average molecular weight is 422 g/mol. The zero-order valence-corrected chi connectivity index (χ0v) is 17.0. The number of carbonyl (C=O) groups excluding carboxylic acids is 1. The molecule has 0 saturated carbocycles. The van der Waals surface area contributed by atoms with Crippen LogP contribution < -0.4 is 4.90 Å². The van der Waals surface area contributed by atoms with Gasteiger partial charge in [-0.2, -0.15) is 0 Å². The van der Waals surface area contributed by atoms with Gasteiger partial charge in [0, 0.05) is 38.0 Å². The smallest absolute Gasteiger partial charge is 0.225 e. The number of carbonyl (C=O) groups is 1. The van der Waals surface area contributed by atoms with Crippen molar-refractivity contribution in [2.75, 3.05) is 31.1 Å². The molecule has 148 valence electrons. The predicted octanol–water partition coefficient (Wildman–Crippen LogP) is 4.76. The summed E-state index contributed by atoms with van der Waals surface area (Å²) in [6, 6.07) is 8.85. The molecule has 7 heteroatoms. The van der Waals surface area contributed by atoms with Gasteiger partial charge >= 0.3 is 0 Å². The Morgan fingerprint density at radius 1 is 1.04 bits per heavy atom. The largest absolute Gasteiger partial charge is 0.357 e. The van der Waals surface area contributed by atoms with E-state index in [0.717, 1.165) is 56.8 Å². The van der Waals surface area contributed by atoms with E-state index < -0.39 is 0 Å². The maximum absolute atomic E-state index is 13.0. The Balaban J connectivity index is 1.33. The van der Waals surface area contributed by atoms with Crippen LogP contribution >= 0.6 is 23.2 Å². The van der Waals surface area contributed by atoms with Crippen molar-refractivity contribution in [3.63, 3.8) is 0 Å². The van der Waals surface area contributed by atoms with Crippen molar-refractivity contribution >= 4 is 34.9 Å². The third-order valence-corrected chi connectivity index (χ3v) is 6.53. The molecule has 1 unspecified atom stereocenters. The van der Waals surface area contributed by atoms with Gasteiger partial charge in [0.2, 0.25) is 5.91 Å². The molecule has 0 aliphatic carbocycles. The summed E-state index contributed by atoms with van der Waals surface area (Å²) in [7, 11) is 0. The van der Waals surface area contributed by atoms with Gasteiger partial charge in [-0.05, 0) is 49.1 Å². The molecule has 3 heterocycles. The number of piperidine rings is 1. The average Bonchev–Trinajstić information content (AvgIpc) is 3.20. The van der Waals surface area contributed by atoms with Gasteiger partial charge in [-0.1, -0.05) is 29.3 Å². The molecule has 1 aromatic carbocycles. The van der Waals surface area contributed by atoms with Crippen LogP contribution in [0.3, 0.4) is 0 Å². The zero-order valence-electron chi connectivity index (χ0n) is 15.5. The van der Waals surface area contributed by atoms with Gasteiger partial charge in [-0.15, -0.1) is 0 Å². The van der Waals surface area contributed by atoms with Crippen LogP contribution in [0.2, 0.25) is 10.0 Å². The topological polar surface area (TPSA) is 36.4 Å². The lowest BCUT2D eigenvalue weighted by atomic mass is 9.95. The van der Waals surface area contributed by atoms with E-state index in [1.165, 1.54) is 12.3 Å². The normalized spacial score (nSPS) is 20.6. The molecule has 2 saturated heterocycles. The van der Waals surface area contributed by atoms with E-state index in [2.05, 4.69) is 9.88 Å². The highest BCUT2D eigenvalue weighted by molar-refractivity contribution is 6.42. The first-order valence-corrected chi connectivity index (χ1v) is 10.4. The molecule has 0 spiro atoms. The van der Waals surface area contributed by atoms with Crippen LogP contribution in [0.1, 0.15) is 30.7 Å². The third-order valence-electron chi connectivity index (χ3n) is 5.79. The molecular weight excluding hydrogens is 400 g/mol. The van der Waals surface area contributed by atoms with Crippen molar-refractivity contribution in [1.29, 1.82) is 0 Å². The summed E-state index contributed by atoms with van der Waals surface area (Å²) >= 11 is 12.2. The minimum atomic E-state index is -0.334. The van der Waals surface area contributed by atoms with E-state index in [1.807, 2.05) is 23.1 Å². The summed E-state index contributed by atoms with van der Waals surface area (Å²) in [6.45, 7) is 3.04. The van der Waals surface area contributed by atoms with Crippen LogP contribution in [0, 0.1) is 11.7 Å². The molecule has 1 aromatic heterocycles. The molecule has 0 bridgehead atoms. The van der Waals surface area contributed by atoms with Crippen molar-refractivity contribution in [2.45, 2.75) is 25.2 Å². The Bertz CT molecular complexity index is 853. The van der Waals surface area contributed by atoms with E-state index in [4.69, 9.17) is 23.2 Å². The van der Waals surface area contributed by atoms with Gasteiger partial charge < -0.3 is 9.80 Å². The predicted molar refractivity (Wildman–Crippen MR) is 110 cm³/mol. The van der Waals surface area contributed by atoms with Gasteiger partial charge in [-0.25, -0.2) is 9.37 Å². The molecule has 4 nitrogen and oxygen atoms in total. The SMILES string of the molecule is O=C(C1CCN(c2ccc(F)cn2)CC1)N1CCC(c2ccc(Cl)c(Cl)c2)C1. The monoisotopic (exact) mass is 421 g/mol.